The minimum absolute atomic E-state index is 0.0697. The summed E-state index contributed by atoms with van der Waals surface area (Å²) in [7, 11) is 3.40. The Morgan fingerprint density at radius 3 is 2.94 bits per heavy atom. The summed E-state index contributed by atoms with van der Waals surface area (Å²) in [6.45, 7) is 1.90. The Morgan fingerprint density at radius 2 is 2.41 bits per heavy atom. The number of aromatic nitrogens is 2. The monoisotopic (exact) mass is 257 g/mol. The molecule has 0 spiro atoms. The first-order valence-electron chi connectivity index (χ1n) is 5.22. The molecule has 0 aromatic carbocycles. The Balaban J connectivity index is 2.27. The van der Waals surface area contributed by atoms with Crippen LogP contribution in [0.5, 0.6) is 5.88 Å². The highest BCUT2D eigenvalue weighted by atomic mass is 32.2. The minimum atomic E-state index is -0.819. The molecule has 2 heterocycles. The molecule has 1 aromatic heterocycles. The third-order valence-corrected chi connectivity index (χ3v) is 3.98. The van der Waals surface area contributed by atoms with E-state index in [-0.39, 0.29) is 5.37 Å². The summed E-state index contributed by atoms with van der Waals surface area (Å²) in [5.41, 5.74) is 1.80. The number of aryl methyl sites for hydroxylation is 2. The van der Waals surface area contributed by atoms with Crippen molar-refractivity contribution in [3.63, 3.8) is 0 Å². The van der Waals surface area contributed by atoms with Crippen molar-refractivity contribution in [1.82, 2.24) is 15.1 Å². The average Bonchev–Trinajstić information content (AvgIpc) is 2.82. The van der Waals surface area contributed by atoms with E-state index in [1.165, 1.54) is 0 Å². The van der Waals surface area contributed by atoms with Crippen LogP contribution in [0.25, 0.3) is 0 Å². The van der Waals surface area contributed by atoms with Crippen LogP contribution in [0.15, 0.2) is 0 Å². The number of carboxylic acid groups (broad SMARTS) is 1. The van der Waals surface area contributed by atoms with E-state index in [4.69, 9.17) is 9.84 Å². The number of thioether (sulfide) groups is 1. The zero-order valence-electron chi connectivity index (χ0n) is 9.93. The molecule has 1 aliphatic rings. The van der Waals surface area contributed by atoms with Gasteiger partial charge in [-0.2, -0.15) is 5.10 Å². The van der Waals surface area contributed by atoms with Crippen LogP contribution in [0, 0.1) is 6.92 Å². The molecular formula is C10H15N3O3S. The van der Waals surface area contributed by atoms with Crippen molar-refractivity contribution in [3.05, 3.63) is 11.3 Å². The highest BCUT2D eigenvalue weighted by Gasteiger charge is 2.34. The maximum absolute atomic E-state index is 10.9. The highest BCUT2D eigenvalue weighted by Crippen LogP contribution is 2.39. The zero-order chi connectivity index (χ0) is 12.6. The van der Waals surface area contributed by atoms with E-state index >= 15 is 0 Å². The van der Waals surface area contributed by atoms with Gasteiger partial charge in [-0.25, -0.2) is 4.68 Å². The van der Waals surface area contributed by atoms with Crippen molar-refractivity contribution in [1.29, 1.82) is 0 Å². The maximum atomic E-state index is 10.9. The molecule has 0 bridgehead atoms. The van der Waals surface area contributed by atoms with Crippen LogP contribution in [-0.4, -0.2) is 39.8 Å². The molecule has 0 saturated carbocycles. The SMILES string of the molecule is COc1c(C2NC(C(=O)O)CS2)c(C)nn1C. The first kappa shape index (κ1) is 12.3. The number of nitrogens with one attached hydrogen (secondary N) is 1. The van der Waals surface area contributed by atoms with E-state index in [9.17, 15) is 4.79 Å². The number of carbonyl (C=O) groups is 1. The van der Waals surface area contributed by atoms with Gasteiger partial charge in [0.05, 0.1) is 23.7 Å². The van der Waals surface area contributed by atoms with E-state index in [1.54, 1.807) is 23.6 Å². The highest BCUT2D eigenvalue weighted by molar-refractivity contribution is 7.99. The van der Waals surface area contributed by atoms with E-state index < -0.39 is 12.0 Å². The van der Waals surface area contributed by atoms with Gasteiger partial charge in [0.25, 0.3) is 0 Å². The summed E-state index contributed by atoms with van der Waals surface area (Å²) in [6.07, 6.45) is 0. The fourth-order valence-corrected chi connectivity index (χ4v) is 3.30. The van der Waals surface area contributed by atoms with Gasteiger partial charge in [-0.05, 0) is 6.92 Å². The van der Waals surface area contributed by atoms with Crippen molar-refractivity contribution in [2.45, 2.75) is 18.3 Å². The second-order valence-corrected chi connectivity index (χ2v) is 5.04. The first-order chi connectivity index (χ1) is 8.04. The van der Waals surface area contributed by atoms with Gasteiger partial charge >= 0.3 is 5.97 Å². The van der Waals surface area contributed by atoms with Gasteiger partial charge < -0.3 is 9.84 Å². The Morgan fingerprint density at radius 1 is 1.71 bits per heavy atom. The topological polar surface area (TPSA) is 76.4 Å². The molecule has 94 valence electrons. The minimum Gasteiger partial charge on any atom is -0.481 e. The molecule has 0 amide bonds. The summed E-state index contributed by atoms with van der Waals surface area (Å²) in [5.74, 6) is 0.413. The first-order valence-corrected chi connectivity index (χ1v) is 6.27. The van der Waals surface area contributed by atoms with Crippen LogP contribution in [0.3, 0.4) is 0 Å². The van der Waals surface area contributed by atoms with Crippen LogP contribution < -0.4 is 10.1 Å². The summed E-state index contributed by atoms with van der Waals surface area (Å²) >= 11 is 1.56. The Bertz CT molecular complexity index is 446. The third-order valence-electron chi connectivity index (χ3n) is 2.75. The fourth-order valence-electron chi connectivity index (χ4n) is 1.98. The summed E-state index contributed by atoms with van der Waals surface area (Å²) in [4.78, 5) is 10.9. The largest absolute Gasteiger partial charge is 0.481 e. The Hall–Kier alpha value is -1.21. The van der Waals surface area contributed by atoms with Gasteiger partial charge in [0.1, 0.15) is 6.04 Å². The van der Waals surface area contributed by atoms with Crippen molar-refractivity contribution < 1.29 is 14.6 Å². The number of nitrogens with zero attached hydrogens (tertiary/aromatic N) is 2. The predicted octanol–water partition coefficient (Wildman–Crippen LogP) is 0.525. The molecule has 0 radical (unpaired) electrons. The van der Waals surface area contributed by atoms with Crippen LogP contribution in [0.2, 0.25) is 0 Å². The molecular weight excluding hydrogens is 242 g/mol. The van der Waals surface area contributed by atoms with Crippen LogP contribution in [0.1, 0.15) is 16.6 Å². The molecule has 1 saturated heterocycles. The molecule has 6 nitrogen and oxygen atoms in total. The van der Waals surface area contributed by atoms with Crippen molar-refractivity contribution in [2.75, 3.05) is 12.9 Å². The smallest absolute Gasteiger partial charge is 0.321 e. The van der Waals surface area contributed by atoms with Gasteiger partial charge in [0.2, 0.25) is 5.88 Å². The lowest BCUT2D eigenvalue weighted by molar-refractivity contribution is -0.138. The van der Waals surface area contributed by atoms with E-state index in [2.05, 4.69) is 10.4 Å². The normalized spacial score (nSPS) is 23.9. The van der Waals surface area contributed by atoms with Crippen LogP contribution in [0.4, 0.5) is 0 Å². The van der Waals surface area contributed by atoms with E-state index in [1.807, 2.05) is 14.0 Å². The predicted molar refractivity (Wildman–Crippen MR) is 64.3 cm³/mol. The molecule has 2 unspecified atom stereocenters. The van der Waals surface area contributed by atoms with Crippen molar-refractivity contribution in [2.24, 2.45) is 7.05 Å². The summed E-state index contributed by atoms with van der Waals surface area (Å²) in [5, 5.41) is 16.2. The summed E-state index contributed by atoms with van der Waals surface area (Å²) in [6, 6.07) is -0.505. The standard InChI is InChI=1S/C10H15N3O3S/c1-5-7(9(16-3)13(2)12-5)8-11-6(4-17-8)10(14)15/h6,8,11H,4H2,1-3H3,(H,14,15). The number of hydrogen-bond acceptors (Lipinski definition) is 5. The van der Waals surface area contributed by atoms with Crippen LogP contribution >= 0.6 is 11.8 Å². The number of aliphatic carboxylic acids is 1. The van der Waals surface area contributed by atoms with Gasteiger partial charge in [0.15, 0.2) is 0 Å². The molecule has 1 aromatic rings. The Labute approximate surface area is 103 Å². The molecule has 1 fully saturated rings. The number of methoxy groups -OCH3 is 1. The number of ether oxygens (including phenoxy) is 1. The Kier molecular flexibility index (Phi) is 3.30. The maximum Gasteiger partial charge on any atom is 0.321 e. The molecule has 1 aliphatic heterocycles. The number of carboxylic acids is 1. The van der Waals surface area contributed by atoms with Crippen molar-refractivity contribution in [3.8, 4) is 5.88 Å². The summed E-state index contributed by atoms with van der Waals surface area (Å²) < 4.78 is 6.97. The lowest BCUT2D eigenvalue weighted by Crippen LogP contribution is -2.33. The second kappa shape index (κ2) is 4.58. The van der Waals surface area contributed by atoms with Crippen molar-refractivity contribution >= 4 is 17.7 Å². The molecule has 2 N–H and O–H groups in total. The number of rotatable bonds is 3. The van der Waals surface area contributed by atoms with Gasteiger partial charge in [-0.1, -0.05) is 0 Å². The molecule has 17 heavy (non-hydrogen) atoms. The fraction of sp³-hybridized carbons (Fsp3) is 0.600. The molecule has 2 rings (SSSR count). The van der Waals surface area contributed by atoms with Gasteiger partial charge in [-0.15, -0.1) is 11.8 Å². The van der Waals surface area contributed by atoms with E-state index in [0.717, 1.165) is 11.3 Å². The lowest BCUT2D eigenvalue weighted by Gasteiger charge is -2.12. The second-order valence-electron chi connectivity index (χ2n) is 3.90. The molecule has 0 aliphatic carbocycles. The van der Waals surface area contributed by atoms with E-state index in [0.29, 0.717) is 11.6 Å². The lowest BCUT2D eigenvalue weighted by atomic mass is 10.2. The van der Waals surface area contributed by atoms with Crippen LogP contribution in [-0.2, 0) is 11.8 Å². The zero-order valence-corrected chi connectivity index (χ0v) is 10.7. The molecule has 2 atom stereocenters. The quantitative estimate of drug-likeness (QED) is 0.822. The van der Waals surface area contributed by atoms with Gasteiger partial charge in [-0.3, -0.25) is 10.1 Å². The molecule has 7 heteroatoms. The number of hydrogen-bond donors (Lipinski definition) is 2. The van der Waals surface area contributed by atoms with Gasteiger partial charge in [0, 0.05) is 12.8 Å². The third kappa shape index (κ3) is 2.12. The average molecular weight is 257 g/mol.